The van der Waals surface area contributed by atoms with Gasteiger partial charge < -0.3 is 11.1 Å². The van der Waals surface area contributed by atoms with Crippen molar-refractivity contribution in [3.05, 3.63) is 47.2 Å². The number of nitrogens with two attached hydrogens (primary N) is 1. The first kappa shape index (κ1) is 16.5. The summed E-state index contributed by atoms with van der Waals surface area (Å²) in [6.45, 7) is 2.54. The Bertz CT molecular complexity index is 626. The zero-order valence-electron chi connectivity index (χ0n) is 12.6. The van der Waals surface area contributed by atoms with Crippen LogP contribution < -0.4 is 11.1 Å². The largest absolute Gasteiger partial charge is 0.347 e. The molecule has 0 radical (unpaired) electrons. The number of benzene rings is 1. The second-order valence-electron chi connectivity index (χ2n) is 5.17. The number of hydrogen-bond acceptors (Lipinski definition) is 3. The van der Waals surface area contributed by atoms with Gasteiger partial charge in [0.05, 0.1) is 5.69 Å². The summed E-state index contributed by atoms with van der Waals surface area (Å²) < 4.78 is 1.63. The van der Waals surface area contributed by atoms with Crippen molar-refractivity contribution in [3.63, 3.8) is 0 Å². The zero-order chi connectivity index (χ0) is 15.9. The number of rotatable bonds is 7. The SMILES string of the molecule is CCCCC(CN)NC(=O)c1ccn(-c2cccc(Cl)c2)n1. The molecule has 1 amide bonds. The number of amides is 1. The lowest BCUT2D eigenvalue weighted by molar-refractivity contribution is 0.0930. The van der Waals surface area contributed by atoms with Gasteiger partial charge in [0.1, 0.15) is 0 Å². The second kappa shape index (κ2) is 7.96. The topological polar surface area (TPSA) is 72.9 Å². The summed E-state index contributed by atoms with van der Waals surface area (Å²) in [5, 5.41) is 7.85. The molecule has 3 N–H and O–H groups in total. The van der Waals surface area contributed by atoms with Gasteiger partial charge >= 0.3 is 0 Å². The average Bonchev–Trinajstić information content (AvgIpc) is 3.01. The highest BCUT2D eigenvalue weighted by Gasteiger charge is 2.14. The van der Waals surface area contributed by atoms with Gasteiger partial charge in [-0.2, -0.15) is 5.10 Å². The third-order valence-electron chi connectivity index (χ3n) is 3.42. The number of carbonyl (C=O) groups excluding carboxylic acids is 1. The van der Waals surface area contributed by atoms with Crippen LogP contribution in [0.4, 0.5) is 0 Å². The molecule has 1 unspecified atom stereocenters. The van der Waals surface area contributed by atoms with E-state index >= 15 is 0 Å². The Hall–Kier alpha value is -1.85. The summed E-state index contributed by atoms with van der Waals surface area (Å²) in [5.74, 6) is -0.202. The summed E-state index contributed by atoms with van der Waals surface area (Å²) in [6, 6.07) is 8.98. The molecule has 0 aliphatic carbocycles. The van der Waals surface area contributed by atoms with Crippen LogP contribution >= 0.6 is 11.6 Å². The van der Waals surface area contributed by atoms with Gasteiger partial charge in [0.15, 0.2) is 5.69 Å². The van der Waals surface area contributed by atoms with Gasteiger partial charge in [-0.25, -0.2) is 4.68 Å². The van der Waals surface area contributed by atoms with E-state index in [1.165, 1.54) is 0 Å². The van der Waals surface area contributed by atoms with E-state index in [1.54, 1.807) is 29.1 Å². The van der Waals surface area contributed by atoms with Gasteiger partial charge in [0.25, 0.3) is 5.91 Å². The molecule has 0 spiro atoms. The number of nitrogens with zero attached hydrogens (tertiary/aromatic N) is 2. The van der Waals surface area contributed by atoms with Crippen molar-refractivity contribution in [2.75, 3.05) is 6.54 Å². The summed E-state index contributed by atoms with van der Waals surface area (Å²) in [4.78, 5) is 12.2. The normalized spacial score (nSPS) is 12.1. The Labute approximate surface area is 135 Å². The van der Waals surface area contributed by atoms with Crippen molar-refractivity contribution < 1.29 is 4.79 Å². The van der Waals surface area contributed by atoms with E-state index in [1.807, 2.05) is 12.1 Å². The van der Waals surface area contributed by atoms with Crippen LogP contribution in [-0.2, 0) is 0 Å². The molecule has 0 bridgehead atoms. The van der Waals surface area contributed by atoms with E-state index in [2.05, 4.69) is 17.3 Å². The first-order valence-electron chi connectivity index (χ1n) is 7.46. The molecule has 1 atom stereocenters. The van der Waals surface area contributed by atoms with Gasteiger partial charge in [-0.3, -0.25) is 4.79 Å². The minimum absolute atomic E-state index is 0.0104. The lowest BCUT2D eigenvalue weighted by Crippen LogP contribution is -2.40. The van der Waals surface area contributed by atoms with E-state index in [4.69, 9.17) is 17.3 Å². The first-order valence-corrected chi connectivity index (χ1v) is 7.84. The maximum Gasteiger partial charge on any atom is 0.272 e. The lowest BCUT2D eigenvalue weighted by Gasteiger charge is -2.15. The van der Waals surface area contributed by atoms with Gasteiger partial charge in [0.2, 0.25) is 0 Å². The lowest BCUT2D eigenvalue weighted by atomic mass is 10.1. The number of halogens is 1. The fourth-order valence-corrected chi connectivity index (χ4v) is 2.35. The molecule has 1 aromatic carbocycles. The zero-order valence-corrected chi connectivity index (χ0v) is 13.4. The Balaban J connectivity index is 2.05. The third kappa shape index (κ3) is 4.32. The summed E-state index contributed by atoms with van der Waals surface area (Å²) in [7, 11) is 0. The molecule has 1 heterocycles. The fourth-order valence-electron chi connectivity index (χ4n) is 2.17. The van der Waals surface area contributed by atoms with E-state index < -0.39 is 0 Å². The van der Waals surface area contributed by atoms with Crippen LogP contribution in [0.15, 0.2) is 36.5 Å². The molecule has 0 fully saturated rings. The van der Waals surface area contributed by atoms with Crippen molar-refractivity contribution in [2.45, 2.75) is 32.2 Å². The number of carbonyl (C=O) groups is 1. The molecule has 0 saturated heterocycles. The van der Waals surface area contributed by atoms with Crippen LogP contribution in [0.3, 0.4) is 0 Å². The fraction of sp³-hybridized carbons (Fsp3) is 0.375. The molecule has 118 valence electrons. The number of hydrogen-bond donors (Lipinski definition) is 2. The monoisotopic (exact) mass is 320 g/mol. The van der Waals surface area contributed by atoms with Gasteiger partial charge in [-0.15, -0.1) is 0 Å². The molecule has 22 heavy (non-hydrogen) atoms. The van der Waals surface area contributed by atoms with Crippen LogP contribution in [0, 0.1) is 0 Å². The van der Waals surface area contributed by atoms with Crippen LogP contribution in [0.25, 0.3) is 5.69 Å². The minimum Gasteiger partial charge on any atom is -0.347 e. The molecule has 0 saturated carbocycles. The van der Waals surface area contributed by atoms with Gasteiger partial charge in [-0.1, -0.05) is 37.4 Å². The van der Waals surface area contributed by atoms with E-state index in [0.717, 1.165) is 24.9 Å². The smallest absolute Gasteiger partial charge is 0.272 e. The molecule has 0 aliphatic rings. The Morgan fingerprint density at radius 2 is 2.27 bits per heavy atom. The van der Waals surface area contributed by atoms with Crippen molar-refractivity contribution >= 4 is 17.5 Å². The number of aromatic nitrogens is 2. The van der Waals surface area contributed by atoms with Crippen LogP contribution in [0.2, 0.25) is 5.02 Å². The van der Waals surface area contributed by atoms with Crippen molar-refractivity contribution in [1.82, 2.24) is 15.1 Å². The second-order valence-corrected chi connectivity index (χ2v) is 5.61. The molecule has 1 aromatic heterocycles. The summed E-state index contributed by atoms with van der Waals surface area (Å²) in [6.07, 6.45) is 4.74. The van der Waals surface area contributed by atoms with Crippen molar-refractivity contribution in [3.8, 4) is 5.69 Å². The molecule has 5 nitrogen and oxygen atoms in total. The molecule has 0 aliphatic heterocycles. The Morgan fingerprint density at radius 1 is 1.45 bits per heavy atom. The van der Waals surface area contributed by atoms with Crippen molar-refractivity contribution in [1.29, 1.82) is 0 Å². The maximum atomic E-state index is 12.2. The first-order chi connectivity index (χ1) is 10.6. The third-order valence-corrected chi connectivity index (χ3v) is 3.66. The standard InChI is InChI=1S/C16H21ClN4O/c1-2-3-6-13(11-18)19-16(22)15-8-9-21(20-15)14-7-4-5-12(17)10-14/h4-5,7-10,13H,2-3,6,11,18H2,1H3,(H,19,22). The molecule has 6 heteroatoms. The van der Waals surface area contributed by atoms with Gasteiger partial charge in [0, 0.05) is 23.8 Å². The summed E-state index contributed by atoms with van der Waals surface area (Å²) in [5.41, 5.74) is 6.88. The van der Waals surface area contributed by atoms with E-state index in [9.17, 15) is 4.79 Å². The quantitative estimate of drug-likeness (QED) is 0.824. The van der Waals surface area contributed by atoms with Crippen molar-refractivity contribution in [2.24, 2.45) is 5.73 Å². The predicted molar refractivity (Wildman–Crippen MR) is 88.4 cm³/mol. The predicted octanol–water partition coefficient (Wildman–Crippen LogP) is 2.77. The molecular weight excluding hydrogens is 300 g/mol. The average molecular weight is 321 g/mol. The Morgan fingerprint density at radius 3 is 2.95 bits per heavy atom. The van der Waals surface area contributed by atoms with Gasteiger partial charge in [-0.05, 0) is 30.7 Å². The highest BCUT2D eigenvalue weighted by atomic mass is 35.5. The van der Waals surface area contributed by atoms with Crippen LogP contribution in [0.1, 0.15) is 36.7 Å². The number of nitrogens with one attached hydrogen (secondary N) is 1. The number of unbranched alkanes of at least 4 members (excludes halogenated alkanes) is 1. The summed E-state index contributed by atoms with van der Waals surface area (Å²) >= 11 is 5.97. The van der Waals surface area contributed by atoms with Crippen LogP contribution in [0.5, 0.6) is 0 Å². The molecule has 2 aromatic rings. The highest BCUT2D eigenvalue weighted by molar-refractivity contribution is 6.30. The Kier molecular flexibility index (Phi) is 5.98. The van der Waals surface area contributed by atoms with Crippen LogP contribution in [-0.4, -0.2) is 28.3 Å². The van der Waals surface area contributed by atoms with E-state index in [0.29, 0.717) is 17.3 Å². The molecule has 2 rings (SSSR count). The van der Waals surface area contributed by atoms with E-state index in [-0.39, 0.29) is 11.9 Å². The highest BCUT2D eigenvalue weighted by Crippen LogP contribution is 2.14. The molecular formula is C16H21ClN4O. The maximum absolute atomic E-state index is 12.2. The minimum atomic E-state index is -0.202.